The lowest BCUT2D eigenvalue weighted by Crippen LogP contribution is -2.52. The molecule has 3 amide bonds. The van der Waals surface area contributed by atoms with Gasteiger partial charge in [0.15, 0.2) is 0 Å². The van der Waals surface area contributed by atoms with E-state index >= 15 is 0 Å². The van der Waals surface area contributed by atoms with E-state index in [1.165, 1.54) is 0 Å². The van der Waals surface area contributed by atoms with Crippen LogP contribution in [0.15, 0.2) is 34.8 Å². The molecule has 32 heavy (non-hydrogen) atoms. The number of carbonyl (C=O) groups excluding carboxylic acids is 3. The number of hydrogen-bond acceptors (Lipinski definition) is 5. The van der Waals surface area contributed by atoms with Crippen LogP contribution in [0, 0.1) is 5.92 Å². The van der Waals surface area contributed by atoms with E-state index in [4.69, 9.17) is 0 Å². The average molecular weight is 438 g/mol. The topological polar surface area (TPSA) is 103 Å². The Bertz CT molecular complexity index is 1030. The van der Waals surface area contributed by atoms with Gasteiger partial charge in [0.2, 0.25) is 12.3 Å². The zero-order valence-electron chi connectivity index (χ0n) is 19.2. The first-order chi connectivity index (χ1) is 15.3. The highest BCUT2D eigenvalue weighted by molar-refractivity contribution is 6.00. The van der Waals surface area contributed by atoms with Gasteiger partial charge in [-0.25, -0.2) is 4.98 Å². The molecule has 0 bridgehead atoms. The van der Waals surface area contributed by atoms with Gasteiger partial charge < -0.3 is 16.0 Å². The van der Waals surface area contributed by atoms with Crippen LogP contribution >= 0.6 is 0 Å². The summed E-state index contributed by atoms with van der Waals surface area (Å²) in [5, 5.41) is 9.33. The van der Waals surface area contributed by atoms with Crippen LogP contribution in [0.2, 0.25) is 0 Å². The lowest BCUT2D eigenvalue weighted by atomic mass is 9.88. The fourth-order valence-electron chi connectivity index (χ4n) is 4.90. The molecule has 1 aromatic heterocycles. The summed E-state index contributed by atoms with van der Waals surface area (Å²) in [5.74, 6) is 0.101. The van der Waals surface area contributed by atoms with Crippen molar-refractivity contribution in [3.8, 4) is 0 Å². The molecule has 3 N–H and O–H groups in total. The fourth-order valence-corrected chi connectivity index (χ4v) is 4.90. The molecule has 8 nitrogen and oxygen atoms in total. The summed E-state index contributed by atoms with van der Waals surface area (Å²) >= 11 is 0. The van der Waals surface area contributed by atoms with Crippen molar-refractivity contribution in [2.45, 2.75) is 71.9 Å². The fraction of sp³-hybridized carbons (Fsp3) is 0.500. The molecule has 2 aliphatic heterocycles. The Hall–Kier alpha value is -3.16. The monoisotopic (exact) mass is 437 g/mol. The lowest BCUT2D eigenvalue weighted by molar-refractivity contribution is -0.121. The first kappa shape index (κ1) is 22.0. The van der Waals surface area contributed by atoms with E-state index < -0.39 is 5.66 Å². The molecule has 3 aliphatic rings. The molecule has 3 heterocycles. The van der Waals surface area contributed by atoms with Gasteiger partial charge in [-0.3, -0.25) is 19.3 Å². The predicted molar refractivity (Wildman–Crippen MR) is 122 cm³/mol. The van der Waals surface area contributed by atoms with Crippen molar-refractivity contribution in [3.05, 3.63) is 40.4 Å². The number of hydrogen-bond donors (Lipinski definition) is 3. The summed E-state index contributed by atoms with van der Waals surface area (Å²) in [4.78, 5) is 43.1. The molecule has 0 atom stereocenters. The minimum Gasteiger partial charge on any atom is -0.359 e. The van der Waals surface area contributed by atoms with Crippen LogP contribution < -0.4 is 16.0 Å². The van der Waals surface area contributed by atoms with E-state index in [-0.39, 0.29) is 17.7 Å². The van der Waals surface area contributed by atoms with Crippen molar-refractivity contribution >= 4 is 29.7 Å². The molecule has 0 radical (unpaired) electrons. The zero-order valence-corrected chi connectivity index (χ0v) is 19.2. The quantitative estimate of drug-likeness (QED) is 0.495. The Morgan fingerprint density at radius 3 is 2.66 bits per heavy atom. The van der Waals surface area contributed by atoms with Crippen molar-refractivity contribution in [1.29, 1.82) is 0 Å². The highest BCUT2D eigenvalue weighted by Gasteiger charge is 2.49. The summed E-state index contributed by atoms with van der Waals surface area (Å²) in [7, 11) is 0. The zero-order chi connectivity index (χ0) is 23.0. The van der Waals surface area contributed by atoms with Gasteiger partial charge in [-0.05, 0) is 56.2 Å². The van der Waals surface area contributed by atoms with Crippen molar-refractivity contribution in [1.82, 2.24) is 15.2 Å². The Morgan fingerprint density at radius 2 is 2.00 bits per heavy atom. The first-order valence-electron chi connectivity index (χ1n) is 11.3. The van der Waals surface area contributed by atoms with E-state index in [0.717, 1.165) is 66.6 Å². The number of fused-ring (bicyclic) bond motifs is 1. The molecule has 0 aromatic carbocycles. The van der Waals surface area contributed by atoms with Crippen LogP contribution in [0.5, 0.6) is 0 Å². The van der Waals surface area contributed by atoms with Crippen LogP contribution in [-0.2, 0) is 20.8 Å². The van der Waals surface area contributed by atoms with Crippen molar-refractivity contribution in [3.63, 3.8) is 0 Å². The minimum absolute atomic E-state index is 0.0837. The molecule has 170 valence electrons. The van der Waals surface area contributed by atoms with Gasteiger partial charge in [0.25, 0.3) is 5.91 Å². The maximum absolute atomic E-state index is 13.0. The Labute approximate surface area is 188 Å². The van der Waals surface area contributed by atoms with Crippen LogP contribution in [0.1, 0.15) is 65.4 Å². The standard InChI is InChI=1S/C24H31N5O3/c1-14(2)22(31)27-20-11-19-17(12-25-20)10-18(16(4)26-19)15(3)21-23(32)28-24(29(21)13-30)8-6-5-7-9-24/h11-14,26H,5-10H2,1-4H3,(H,28,32)(H,25,27,31)/b21-15-. The van der Waals surface area contributed by atoms with Crippen LogP contribution in [0.3, 0.4) is 0 Å². The molecule has 0 unspecified atom stereocenters. The predicted octanol–water partition coefficient (Wildman–Crippen LogP) is 3.44. The van der Waals surface area contributed by atoms with Crippen molar-refractivity contribution in [2.75, 3.05) is 10.6 Å². The van der Waals surface area contributed by atoms with E-state index in [0.29, 0.717) is 17.9 Å². The first-order valence-corrected chi connectivity index (χ1v) is 11.3. The molecular formula is C24H31N5O3. The second-order valence-electron chi connectivity index (χ2n) is 9.27. The summed E-state index contributed by atoms with van der Waals surface area (Å²) in [6, 6.07) is 1.83. The van der Waals surface area contributed by atoms with Crippen LogP contribution in [0.4, 0.5) is 11.5 Å². The molecule has 1 aromatic rings. The number of nitrogens with zero attached hydrogens (tertiary/aromatic N) is 2. The van der Waals surface area contributed by atoms with E-state index in [2.05, 4.69) is 20.9 Å². The third-order valence-electron chi connectivity index (χ3n) is 6.76. The third kappa shape index (κ3) is 3.78. The number of carbonyl (C=O) groups is 3. The Morgan fingerprint density at radius 1 is 1.28 bits per heavy atom. The molecule has 1 aliphatic carbocycles. The van der Waals surface area contributed by atoms with Crippen LogP contribution in [0.25, 0.3) is 0 Å². The number of anilines is 2. The SMILES string of the molecule is CC1=C(/C(C)=C2/C(=O)NC3(CCCCC3)N2C=O)Cc2cnc(NC(=O)C(C)C)cc2N1. The highest BCUT2D eigenvalue weighted by Crippen LogP contribution is 2.40. The van der Waals surface area contributed by atoms with Gasteiger partial charge >= 0.3 is 0 Å². The second kappa shape index (κ2) is 8.41. The largest absolute Gasteiger partial charge is 0.359 e. The van der Waals surface area contributed by atoms with Crippen molar-refractivity contribution in [2.24, 2.45) is 5.92 Å². The average Bonchev–Trinajstić information content (AvgIpc) is 3.03. The smallest absolute Gasteiger partial charge is 0.270 e. The van der Waals surface area contributed by atoms with Gasteiger partial charge in [-0.2, -0.15) is 0 Å². The molecule has 2 fully saturated rings. The lowest BCUT2D eigenvalue weighted by Gasteiger charge is -2.38. The molecule has 8 heteroatoms. The summed E-state index contributed by atoms with van der Waals surface area (Å²) < 4.78 is 0. The number of nitrogens with one attached hydrogen (secondary N) is 3. The van der Waals surface area contributed by atoms with Crippen molar-refractivity contribution < 1.29 is 14.4 Å². The minimum atomic E-state index is -0.590. The molecule has 4 rings (SSSR count). The van der Waals surface area contributed by atoms with Gasteiger partial charge in [0.1, 0.15) is 17.2 Å². The summed E-state index contributed by atoms with van der Waals surface area (Å²) in [6.07, 6.45) is 7.81. The number of rotatable bonds is 4. The van der Waals surface area contributed by atoms with Gasteiger partial charge in [0, 0.05) is 36.0 Å². The normalized spacial score (nSPS) is 21.3. The molecule has 1 saturated heterocycles. The van der Waals surface area contributed by atoms with Gasteiger partial charge in [-0.15, -0.1) is 0 Å². The number of amides is 3. The Kier molecular flexibility index (Phi) is 5.79. The molecular weight excluding hydrogens is 406 g/mol. The highest BCUT2D eigenvalue weighted by atomic mass is 16.2. The number of allylic oxidation sites excluding steroid dienone is 3. The maximum atomic E-state index is 13.0. The Balaban J connectivity index is 1.64. The summed E-state index contributed by atoms with van der Waals surface area (Å²) in [6.45, 7) is 7.54. The van der Waals surface area contributed by atoms with E-state index in [1.54, 1.807) is 11.1 Å². The second-order valence-corrected chi connectivity index (χ2v) is 9.27. The summed E-state index contributed by atoms with van der Waals surface area (Å²) in [5.41, 5.74) is 4.38. The van der Waals surface area contributed by atoms with E-state index in [9.17, 15) is 14.4 Å². The van der Waals surface area contributed by atoms with Gasteiger partial charge in [0.05, 0.1) is 0 Å². The third-order valence-corrected chi connectivity index (χ3v) is 6.76. The van der Waals surface area contributed by atoms with Gasteiger partial charge in [-0.1, -0.05) is 20.3 Å². The number of aromatic nitrogens is 1. The number of pyridine rings is 1. The molecule has 1 spiro atoms. The molecule has 1 saturated carbocycles. The van der Waals surface area contributed by atoms with E-state index in [1.807, 2.05) is 33.8 Å². The maximum Gasteiger partial charge on any atom is 0.270 e. The van der Waals surface area contributed by atoms with Crippen LogP contribution in [-0.4, -0.2) is 33.8 Å².